The van der Waals surface area contributed by atoms with Crippen molar-refractivity contribution >= 4 is 11.8 Å². The van der Waals surface area contributed by atoms with E-state index in [0.717, 1.165) is 37.9 Å². The first-order valence-corrected chi connectivity index (χ1v) is 9.97. The number of carbonyl (C=O) groups excluding carboxylic acids is 2. The summed E-state index contributed by atoms with van der Waals surface area (Å²) in [7, 11) is 5.32. The molecule has 2 amide bonds. The SMILES string of the molecule is COc1ccc(CCN2C[C@@H](C(=O)NC3CCN(C)CC3)CC2=O)cc1OC. The van der Waals surface area contributed by atoms with Crippen LogP contribution in [0.5, 0.6) is 11.5 Å². The van der Waals surface area contributed by atoms with E-state index in [1.165, 1.54) is 0 Å². The van der Waals surface area contributed by atoms with Crippen LogP contribution in [0.15, 0.2) is 18.2 Å². The van der Waals surface area contributed by atoms with Gasteiger partial charge in [-0.1, -0.05) is 6.07 Å². The Kier molecular flexibility index (Phi) is 6.78. The molecule has 1 atom stereocenters. The molecule has 1 N–H and O–H groups in total. The molecule has 0 bridgehead atoms. The first kappa shape index (κ1) is 20.5. The zero-order valence-electron chi connectivity index (χ0n) is 17.1. The number of hydrogen-bond acceptors (Lipinski definition) is 5. The molecule has 0 saturated carbocycles. The third kappa shape index (κ3) is 4.95. The van der Waals surface area contributed by atoms with Gasteiger partial charge in [0.25, 0.3) is 0 Å². The summed E-state index contributed by atoms with van der Waals surface area (Å²) in [6, 6.07) is 6.02. The Hall–Kier alpha value is -2.28. The molecule has 3 rings (SSSR count). The van der Waals surface area contributed by atoms with Gasteiger partial charge >= 0.3 is 0 Å². The van der Waals surface area contributed by atoms with Gasteiger partial charge in [-0.2, -0.15) is 0 Å². The Morgan fingerprint density at radius 1 is 1.18 bits per heavy atom. The number of likely N-dealkylation sites (tertiary alicyclic amines) is 2. The van der Waals surface area contributed by atoms with E-state index in [2.05, 4.69) is 17.3 Å². The van der Waals surface area contributed by atoms with Gasteiger partial charge in [0.1, 0.15) is 0 Å². The molecule has 7 heteroatoms. The number of methoxy groups -OCH3 is 2. The number of rotatable bonds is 7. The zero-order valence-corrected chi connectivity index (χ0v) is 17.1. The van der Waals surface area contributed by atoms with Crippen molar-refractivity contribution in [2.45, 2.75) is 31.7 Å². The lowest BCUT2D eigenvalue weighted by Crippen LogP contribution is -2.45. The fraction of sp³-hybridized carbons (Fsp3) is 0.619. The highest BCUT2D eigenvalue weighted by Gasteiger charge is 2.35. The Bertz CT molecular complexity index is 701. The average Bonchev–Trinajstić information content (AvgIpc) is 3.08. The number of amides is 2. The second-order valence-corrected chi connectivity index (χ2v) is 7.77. The molecule has 2 heterocycles. The van der Waals surface area contributed by atoms with Crippen LogP contribution in [-0.2, 0) is 16.0 Å². The molecular weight excluding hydrogens is 358 g/mol. The summed E-state index contributed by atoms with van der Waals surface area (Å²) in [5, 5.41) is 3.15. The van der Waals surface area contributed by atoms with Crippen LogP contribution in [0.3, 0.4) is 0 Å². The molecule has 1 aromatic carbocycles. The number of hydrogen-bond donors (Lipinski definition) is 1. The number of nitrogens with zero attached hydrogens (tertiary/aromatic N) is 2. The number of piperidine rings is 1. The van der Waals surface area contributed by atoms with E-state index in [-0.39, 0.29) is 23.8 Å². The predicted octanol–water partition coefficient (Wildman–Crippen LogP) is 1.31. The molecule has 0 spiro atoms. The lowest BCUT2D eigenvalue weighted by molar-refractivity contribution is -0.129. The summed E-state index contributed by atoms with van der Waals surface area (Å²) < 4.78 is 10.6. The first-order valence-electron chi connectivity index (χ1n) is 9.97. The smallest absolute Gasteiger partial charge is 0.225 e. The quantitative estimate of drug-likeness (QED) is 0.761. The number of ether oxygens (including phenoxy) is 2. The summed E-state index contributed by atoms with van der Waals surface area (Å²) in [5.41, 5.74) is 1.07. The van der Waals surface area contributed by atoms with Gasteiger partial charge in [0.05, 0.1) is 20.1 Å². The van der Waals surface area contributed by atoms with Gasteiger partial charge in [0.2, 0.25) is 11.8 Å². The molecule has 2 saturated heterocycles. The van der Waals surface area contributed by atoms with Crippen molar-refractivity contribution in [3.05, 3.63) is 23.8 Å². The molecule has 2 aliphatic heterocycles. The van der Waals surface area contributed by atoms with E-state index in [9.17, 15) is 9.59 Å². The maximum Gasteiger partial charge on any atom is 0.225 e. The minimum atomic E-state index is -0.238. The Labute approximate surface area is 167 Å². The Balaban J connectivity index is 1.50. The van der Waals surface area contributed by atoms with E-state index >= 15 is 0 Å². The van der Waals surface area contributed by atoms with Crippen LogP contribution in [0.1, 0.15) is 24.8 Å². The van der Waals surface area contributed by atoms with E-state index in [0.29, 0.717) is 31.0 Å². The van der Waals surface area contributed by atoms with Crippen molar-refractivity contribution in [2.24, 2.45) is 5.92 Å². The van der Waals surface area contributed by atoms with Crippen LogP contribution < -0.4 is 14.8 Å². The van der Waals surface area contributed by atoms with Gasteiger partial charge < -0.3 is 24.6 Å². The lowest BCUT2D eigenvalue weighted by Gasteiger charge is -2.30. The van der Waals surface area contributed by atoms with Crippen molar-refractivity contribution in [3.63, 3.8) is 0 Å². The van der Waals surface area contributed by atoms with Gasteiger partial charge in [0.15, 0.2) is 11.5 Å². The molecular formula is C21H31N3O4. The molecule has 28 heavy (non-hydrogen) atoms. The van der Waals surface area contributed by atoms with E-state index in [1.807, 2.05) is 18.2 Å². The van der Waals surface area contributed by atoms with E-state index in [4.69, 9.17) is 9.47 Å². The normalized spacial score (nSPS) is 21.0. The lowest BCUT2D eigenvalue weighted by atomic mass is 10.0. The predicted molar refractivity (Wildman–Crippen MR) is 107 cm³/mol. The van der Waals surface area contributed by atoms with Gasteiger partial charge in [-0.25, -0.2) is 0 Å². The van der Waals surface area contributed by atoms with Crippen molar-refractivity contribution in [3.8, 4) is 11.5 Å². The van der Waals surface area contributed by atoms with Crippen LogP contribution in [0.2, 0.25) is 0 Å². The molecule has 0 unspecified atom stereocenters. The molecule has 0 radical (unpaired) electrons. The van der Waals surface area contributed by atoms with Crippen LogP contribution in [0, 0.1) is 5.92 Å². The summed E-state index contributed by atoms with van der Waals surface area (Å²) in [6.07, 6.45) is 2.98. The number of benzene rings is 1. The van der Waals surface area contributed by atoms with Crippen LogP contribution in [0.25, 0.3) is 0 Å². The second-order valence-electron chi connectivity index (χ2n) is 7.77. The van der Waals surface area contributed by atoms with E-state index < -0.39 is 0 Å². The number of nitrogens with one attached hydrogen (secondary N) is 1. The van der Waals surface area contributed by atoms with Crippen molar-refractivity contribution in [1.82, 2.24) is 15.1 Å². The standard InChI is InChI=1S/C21H31N3O4/c1-23-9-7-17(8-10-23)22-21(26)16-13-20(25)24(14-16)11-6-15-4-5-18(27-2)19(12-15)28-3/h4-5,12,16-17H,6-11,13-14H2,1-3H3,(H,22,26)/t16-/m0/s1. The van der Waals surface area contributed by atoms with Gasteiger partial charge in [-0.3, -0.25) is 9.59 Å². The molecule has 2 fully saturated rings. The van der Waals surface area contributed by atoms with Gasteiger partial charge in [0, 0.05) is 25.6 Å². The summed E-state index contributed by atoms with van der Waals surface area (Å²) in [6.45, 7) is 3.12. The fourth-order valence-corrected chi connectivity index (χ4v) is 3.94. The van der Waals surface area contributed by atoms with Gasteiger partial charge in [-0.15, -0.1) is 0 Å². The third-order valence-corrected chi connectivity index (χ3v) is 5.77. The second kappa shape index (κ2) is 9.28. The molecule has 7 nitrogen and oxygen atoms in total. The monoisotopic (exact) mass is 389 g/mol. The average molecular weight is 389 g/mol. The Morgan fingerprint density at radius 2 is 1.89 bits per heavy atom. The van der Waals surface area contributed by atoms with Crippen molar-refractivity contribution < 1.29 is 19.1 Å². The topological polar surface area (TPSA) is 71.1 Å². The molecule has 2 aliphatic rings. The highest BCUT2D eigenvalue weighted by Crippen LogP contribution is 2.28. The molecule has 0 aromatic heterocycles. The number of carbonyl (C=O) groups is 2. The highest BCUT2D eigenvalue weighted by molar-refractivity contribution is 5.89. The largest absolute Gasteiger partial charge is 0.493 e. The van der Waals surface area contributed by atoms with Crippen LogP contribution >= 0.6 is 0 Å². The van der Waals surface area contributed by atoms with Crippen LogP contribution in [0.4, 0.5) is 0 Å². The highest BCUT2D eigenvalue weighted by atomic mass is 16.5. The van der Waals surface area contributed by atoms with Crippen LogP contribution in [-0.4, -0.2) is 75.1 Å². The fourth-order valence-electron chi connectivity index (χ4n) is 3.94. The summed E-state index contributed by atoms with van der Waals surface area (Å²) in [4.78, 5) is 29.0. The third-order valence-electron chi connectivity index (χ3n) is 5.77. The van der Waals surface area contributed by atoms with E-state index in [1.54, 1.807) is 19.1 Å². The summed E-state index contributed by atoms with van der Waals surface area (Å²) in [5.74, 6) is 1.22. The molecule has 1 aromatic rings. The minimum absolute atomic E-state index is 0.0246. The minimum Gasteiger partial charge on any atom is -0.493 e. The summed E-state index contributed by atoms with van der Waals surface area (Å²) >= 11 is 0. The molecule has 154 valence electrons. The van der Waals surface area contributed by atoms with Crippen molar-refractivity contribution in [2.75, 3.05) is 47.4 Å². The zero-order chi connectivity index (χ0) is 20.1. The maximum atomic E-state index is 12.6. The first-order chi connectivity index (χ1) is 13.5. The van der Waals surface area contributed by atoms with Gasteiger partial charge in [-0.05, 0) is 57.1 Å². The van der Waals surface area contributed by atoms with Crippen molar-refractivity contribution in [1.29, 1.82) is 0 Å². The molecule has 0 aliphatic carbocycles. The Morgan fingerprint density at radius 3 is 2.57 bits per heavy atom. The maximum absolute atomic E-state index is 12.6.